The molecule has 0 aliphatic heterocycles. The van der Waals surface area contributed by atoms with Crippen molar-refractivity contribution in [3.05, 3.63) is 41.7 Å². The molecule has 0 atom stereocenters. The van der Waals surface area contributed by atoms with Crippen LogP contribution in [0.1, 0.15) is 11.3 Å². The number of hydrogen-bond donors (Lipinski definition) is 0. The van der Waals surface area contributed by atoms with Gasteiger partial charge in [0.25, 0.3) is 0 Å². The average Bonchev–Trinajstić information content (AvgIpc) is 2.78. The van der Waals surface area contributed by atoms with Crippen LogP contribution >= 0.6 is 11.6 Å². The van der Waals surface area contributed by atoms with E-state index in [1.165, 1.54) is 0 Å². The molecule has 0 unspecified atom stereocenters. The van der Waals surface area contributed by atoms with Crippen LogP contribution < -0.4 is 0 Å². The van der Waals surface area contributed by atoms with Crippen LogP contribution in [0.25, 0.3) is 5.69 Å². The number of alkyl halides is 1. The Bertz CT molecular complexity index is 470. The minimum Gasteiger partial charge on any atom is -0.380 e. The third-order valence-corrected chi connectivity index (χ3v) is 2.55. The lowest BCUT2D eigenvalue weighted by Gasteiger charge is -2.09. The van der Waals surface area contributed by atoms with Crippen molar-refractivity contribution >= 4 is 11.6 Å². The van der Waals surface area contributed by atoms with Crippen LogP contribution in [-0.4, -0.2) is 22.1 Å². The van der Waals surface area contributed by atoms with Crippen molar-refractivity contribution in [1.29, 1.82) is 0 Å². The quantitative estimate of drug-likeness (QED) is 0.765. The zero-order valence-corrected chi connectivity index (χ0v) is 9.68. The molecule has 84 valence electrons. The number of ether oxygens (including phenoxy) is 1. The van der Waals surface area contributed by atoms with Crippen molar-refractivity contribution in [2.45, 2.75) is 12.5 Å². The predicted molar refractivity (Wildman–Crippen MR) is 61.6 cm³/mol. The number of aromatic nitrogens is 3. The number of halogens is 1. The summed E-state index contributed by atoms with van der Waals surface area (Å²) in [5.74, 6) is 0.383. The molecule has 1 aromatic heterocycles. The first-order valence-corrected chi connectivity index (χ1v) is 5.43. The van der Waals surface area contributed by atoms with Crippen molar-refractivity contribution in [2.24, 2.45) is 0 Å². The minimum absolute atomic E-state index is 0.383. The smallest absolute Gasteiger partial charge is 0.0793 e. The first kappa shape index (κ1) is 11.1. The van der Waals surface area contributed by atoms with Gasteiger partial charge in [-0.25, -0.2) is 4.68 Å². The summed E-state index contributed by atoms with van der Waals surface area (Å²) in [7, 11) is 1.67. The highest BCUT2D eigenvalue weighted by Gasteiger charge is 2.08. The highest BCUT2D eigenvalue weighted by Crippen LogP contribution is 2.16. The lowest BCUT2D eigenvalue weighted by molar-refractivity contribution is 0.184. The molecular weight excluding hydrogens is 226 g/mol. The van der Waals surface area contributed by atoms with Gasteiger partial charge in [-0.15, -0.1) is 16.7 Å². The van der Waals surface area contributed by atoms with E-state index in [0.29, 0.717) is 12.5 Å². The molecule has 16 heavy (non-hydrogen) atoms. The Morgan fingerprint density at radius 2 is 2.19 bits per heavy atom. The summed E-state index contributed by atoms with van der Waals surface area (Å²) in [6.07, 6.45) is 1.66. The van der Waals surface area contributed by atoms with Crippen LogP contribution in [0.5, 0.6) is 0 Å². The normalized spacial score (nSPS) is 10.6. The molecule has 0 aliphatic carbocycles. The molecule has 1 heterocycles. The van der Waals surface area contributed by atoms with Gasteiger partial charge < -0.3 is 4.74 Å². The van der Waals surface area contributed by atoms with E-state index in [2.05, 4.69) is 10.3 Å². The molecule has 0 bridgehead atoms. The molecule has 0 spiro atoms. The average molecular weight is 238 g/mol. The molecule has 2 aromatic rings. The first-order valence-electron chi connectivity index (χ1n) is 4.89. The molecular formula is C11H12ClN3O. The van der Waals surface area contributed by atoms with Crippen LogP contribution in [-0.2, 0) is 17.2 Å². The molecule has 4 nitrogen and oxygen atoms in total. The summed E-state index contributed by atoms with van der Waals surface area (Å²) >= 11 is 5.82. The number of rotatable bonds is 4. The number of methoxy groups -OCH3 is 1. The van der Waals surface area contributed by atoms with Gasteiger partial charge in [0.2, 0.25) is 0 Å². The van der Waals surface area contributed by atoms with Crippen LogP contribution in [0.15, 0.2) is 30.5 Å². The first-order chi connectivity index (χ1) is 7.86. The largest absolute Gasteiger partial charge is 0.380 e. The van der Waals surface area contributed by atoms with Crippen LogP contribution in [0.4, 0.5) is 0 Å². The molecule has 0 aliphatic rings. The van der Waals surface area contributed by atoms with Crippen LogP contribution in [0.3, 0.4) is 0 Å². The zero-order chi connectivity index (χ0) is 11.4. The molecule has 0 radical (unpaired) electrons. The summed E-state index contributed by atoms with van der Waals surface area (Å²) in [5.41, 5.74) is 2.88. The van der Waals surface area contributed by atoms with Crippen molar-refractivity contribution in [3.8, 4) is 5.69 Å². The standard InChI is InChI=1S/C11H12ClN3O/c1-16-8-9-4-2-3-5-11(9)15-10(6-12)7-13-14-15/h2-5,7H,6,8H2,1H3. The fraction of sp³-hybridized carbons (Fsp3) is 0.273. The van der Waals surface area contributed by atoms with Gasteiger partial charge in [0.05, 0.1) is 30.1 Å². The lowest BCUT2D eigenvalue weighted by Crippen LogP contribution is -2.05. The summed E-state index contributed by atoms with van der Waals surface area (Å²) < 4.78 is 6.88. The summed E-state index contributed by atoms with van der Waals surface area (Å²) in [6.45, 7) is 0.539. The van der Waals surface area contributed by atoms with Gasteiger partial charge in [0.15, 0.2) is 0 Å². The lowest BCUT2D eigenvalue weighted by atomic mass is 10.2. The number of hydrogen-bond acceptors (Lipinski definition) is 3. The molecule has 1 aromatic carbocycles. The van der Waals surface area contributed by atoms with Crippen molar-refractivity contribution in [2.75, 3.05) is 7.11 Å². The second kappa shape index (κ2) is 5.09. The van der Waals surface area contributed by atoms with E-state index in [4.69, 9.17) is 16.3 Å². The zero-order valence-electron chi connectivity index (χ0n) is 8.93. The topological polar surface area (TPSA) is 39.9 Å². The Morgan fingerprint density at radius 3 is 2.94 bits per heavy atom. The maximum atomic E-state index is 5.82. The minimum atomic E-state index is 0.383. The Balaban J connectivity index is 2.46. The van der Waals surface area contributed by atoms with E-state index < -0.39 is 0 Å². The Morgan fingerprint density at radius 1 is 1.38 bits per heavy atom. The third-order valence-electron chi connectivity index (χ3n) is 2.28. The molecule has 2 rings (SSSR count). The molecule has 0 saturated carbocycles. The monoisotopic (exact) mass is 237 g/mol. The van der Waals surface area contributed by atoms with Gasteiger partial charge >= 0.3 is 0 Å². The second-order valence-corrected chi connectivity index (χ2v) is 3.60. The van der Waals surface area contributed by atoms with Gasteiger partial charge in [-0.05, 0) is 6.07 Å². The van der Waals surface area contributed by atoms with Gasteiger partial charge in [0, 0.05) is 12.7 Å². The van der Waals surface area contributed by atoms with E-state index in [1.54, 1.807) is 18.0 Å². The second-order valence-electron chi connectivity index (χ2n) is 3.33. The fourth-order valence-corrected chi connectivity index (χ4v) is 1.73. The molecule has 0 amide bonds. The summed E-state index contributed by atoms with van der Waals surface area (Å²) in [4.78, 5) is 0. The number of nitrogens with zero attached hydrogens (tertiary/aromatic N) is 3. The maximum absolute atomic E-state index is 5.82. The summed E-state index contributed by atoms with van der Waals surface area (Å²) in [6, 6.07) is 7.89. The van der Waals surface area contributed by atoms with E-state index in [9.17, 15) is 0 Å². The van der Waals surface area contributed by atoms with Gasteiger partial charge in [-0.2, -0.15) is 0 Å². The predicted octanol–water partition coefficient (Wildman–Crippen LogP) is 2.15. The fourth-order valence-electron chi connectivity index (χ4n) is 1.55. The van der Waals surface area contributed by atoms with Crippen molar-refractivity contribution < 1.29 is 4.74 Å². The van der Waals surface area contributed by atoms with Gasteiger partial charge in [0.1, 0.15) is 0 Å². The molecule has 0 N–H and O–H groups in total. The third kappa shape index (κ3) is 2.08. The van der Waals surface area contributed by atoms with Crippen molar-refractivity contribution in [1.82, 2.24) is 15.0 Å². The van der Waals surface area contributed by atoms with Gasteiger partial charge in [-0.1, -0.05) is 23.4 Å². The molecule has 0 fully saturated rings. The highest BCUT2D eigenvalue weighted by atomic mass is 35.5. The van der Waals surface area contributed by atoms with E-state index in [1.807, 2.05) is 24.3 Å². The van der Waals surface area contributed by atoms with E-state index in [-0.39, 0.29) is 0 Å². The SMILES string of the molecule is COCc1ccccc1-n1nncc1CCl. The van der Waals surface area contributed by atoms with E-state index >= 15 is 0 Å². The molecule has 5 heteroatoms. The Kier molecular flexibility index (Phi) is 3.54. The number of benzene rings is 1. The summed E-state index contributed by atoms with van der Waals surface area (Å²) in [5, 5.41) is 7.89. The van der Waals surface area contributed by atoms with E-state index in [0.717, 1.165) is 16.9 Å². The Hall–Kier alpha value is -1.39. The number of para-hydroxylation sites is 1. The van der Waals surface area contributed by atoms with Crippen molar-refractivity contribution in [3.63, 3.8) is 0 Å². The molecule has 0 saturated heterocycles. The Labute approximate surface area is 98.8 Å². The highest BCUT2D eigenvalue weighted by molar-refractivity contribution is 6.16. The maximum Gasteiger partial charge on any atom is 0.0793 e. The van der Waals surface area contributed by atoms with Gasteiger partial charge in [-0.3, -0.25) is 0 Å². The van der Waals surface area contributed by atoms with Crippen LogP contribution in [0, 0.1) is 0 Å². The van der Waals surface area contributed by atoms with Crippen LogP contribution in [0.2, 0.25) is 0 Å².